The predicted molar refractivity (Wildman–Crippen MR) is 65.5 cm³/mol. The predicted octanol–water partition coefficient (Wildman–Crippen LogP) is 4.65. The van der Waals surface area contributed by atoms with Crippen molar-refractivity contribution in [3.05, 3.63) is 59.7 Å². The quantitative estimate of drug-likeness (QED) is 0.749. The Morgan fingerprint density at radius 2 is 1.76 bits per heavy atom. The Labute approximate surface area is 106 Å². The molecule has 0 saturated heterocycles. The molecule has 0 aliphatic carbocycles. The second-order valence-corrected chi connectivity index (χ2v) is 4.01. The van der Waals surface area contributed by atoms with Gasteiger partial charge in [0.1, 0.15) is 23.1 Å². The van der Waals surface area contributed by atoms with Crippen molar-refractivity contribution >= 4 is 15.9 Å². The third-order valence-corrected chi connectivity index (χ3v) is 2.80. The molecule has 88 valence electrons. The molecule has 0 unspecified atom stereocenters. The number of benzene rings is 2. The molecule has 0 fully saturated rings. The summed E-state index contributed by atoms with van der Waals surface area (Å²) in [6.45, 7) is 0. The molecule has 1 nitrogen and oxygen atoms in total. The fraction of sp³-hybridized carbons (Fsp3) is 0.0769. The van der Waals surface area contributed by atoms with Gasteiger partial charge in [-0.2, -0.15) is 0 Å². The molecule has 2 aromatic carbocycles. The molecule has 0 atom stereocenters. The van der Waals surface area contributed by atoms with E-state index >= 15 is 0 Å². The lowest BCUT2D eigenvalue weighted by molar-refractivity contribution is 0.474. The molecule has 0 N–H and O–H groups in total. The van der Waals surface area contributed by atoms with Crippen LogP contribution in [0.1, 0.15) is 5.56 Å². The molecule has 0 aliphatic rings. The fourth-order valence-corrected chi connectivity index (χ4v) is 1.81. The molecule has 2 aromatic rings. The van der Waals surface area contributed by atoms with Crippen LogP contribution in [0, 0.1) is 11.6 Å². The standard InChI is InChI=1S/C13H9BrF2O/c14-8-9-6-12(4-5-13(9)16)17-11-3-1-2-10(15)7-11/h1-7H,8H2. The van der Waals surface area contributed by atoms with Crippen molar-refractivity contribution < 1.29 is 13.5 Å². The van der Waals surface area contributed by atoms with Crippen molar-refractivity contribution in [2.45, 2.75) is 5.33 Å². The van der Waals surface area contributed by atoms with Gasteiger partial charge in [0.2, 0.25) is 0 Å². The lowest BCUT2D eigenvalue weighted by Gasteiger charge is -2.07. The summed E-state index contributed by atoms with van der Waals surface area (Å²) in [5, 5.41) is 0.402. The van der Waals surface area contributed by atoms with E-state index in [-0.39, 0.29) is 11.6 Å². The van der Waals surface area contributed by atoms with E-state index in [1.807, 2.05) is 0 Å². The molecule has 2 rings (SSSR count). The molecular weight excluding hydrogens is 290 g/mol. The smallest absolute Gasteiger partial charge is 0.130 e. The van der Waals surface area contributed by atoms with Gasteiger partial charge in [0.25, 0.3) is 0 Å². The lowest BCUT2D eigenvalue weighted by atomic mass is 10.2. The van der Waals surface area contributed by atoms with Crippen LogP contribution in [0.2, 0.25) is 0 Å². The first-order valence-corrected chi connectivity index (χ1v) is 6.09. The number of alkyl halides is 1. The van der Waals surface area contributed by atoms with Gasteiger partial charge in [-0.25, -0.2) is 8.78 Å². The summed E-state index contributed by atoms with van der Waals surface area (Å²) in [7, 11) is 0. The van der Waals surface area contributed by atoms with Gasteiger partial charge in [0.15, 0.2) is 0 Å². The van der Waals surface area contributed by atoms with Crippen molar-refractivity contribution in [1.82, 2.24) is 0 Å². The summed E-state index contributed by atoms with van der Waals surface area (Å²) < 4.78 is 31.6. The molecule has 0 spiro atoms. The number of hydrogen-bond acceptors (Lipinski definition) is 1. The minimum absolute atomic E-state index is 0.298. The number of rotatable bonds is 3. The zero-order chi connectivity index (χ0) is 12.3. The first-order valence-electron chi connectivity index (χ1n) is 4.97. The van der Waals surface area contributed by atoms with E-state index < -0.39 is 0 Å². The zero-order valence-corrected chi connectivity index (χ0v) is 10.4. The van der Waals surface area contributed by atoms with Gasteiger partial charge in [0.05, 0.1) is 0 Å². The van der Waals surface area contributed by atoms with E-state index in [0.29, 0.717) is 22.4 Å². The van der Waals surface area contributed by atoms with Gasteiger partial charge in [-0.15, -0.1) is 0 Å². The van der Waals surface area contributed by atoms with Crippen LogP contribution in [0.3, 0.4) is 0 Å². The Morgan fingerprint density at radius 1 is 1.00 bits per heavy atom. The molecule has 0 heterocycles. The van der Waals surface area contributed by atoms with E-state index in [2.05, 4.69) is 15.9 Å². The molecule has 0 bridgehead atoms. The van der Waals surface area contributed by atoms with Crippen LogP contribution in [0.5, 0.6) is 11.5 Å². The normalized spacial score (nSPS) is 10.3. The number of hydrogen-bond donors (Lipinski definition) is 0. The van der Waals surface area contributed by atoms with Crippen molar-refractivity contribution in [2.24, 2.45) is 0 Å². The van der Waals surface area contributed by atoms with E-state index in [4.69, 9.17) is 4.74 Å². The van der Waals surface area contributed by atoms with E-state index in [1.54, 1.807) is 18.2 Å². The van der Waals surface area contributed by atoms with E-state index in [1.165, 1.54) is 24.3 Å². The Balaban J connectivity index is 2.24. The maximum Gasteiger partial charge on any atom is 0.130 e. The van der Waals surface area contributed by atoms with E-state index in [0.717, 1.165) is 0 Å². The van der Waals surface area contributed by atoms with Gasteiger partial charge in [-0.1, -0.05) is 22.0 Å². The van der Waals surface area contributed by atoms with Crippen LogP contribution in [-0.2, 0) is 5.33 Å². The van der Waals surface area contributed by atoms with Gasteiger partial charge in [0, 0.05) is 17.0 Å². The maximum absolute atomic E-state index is 13.2. The van der Waals surface area contributed by atoms with Crippen LogP contribution < -0.4 is 4.74 Å². The Hall–Kier alpha value is -1.42. The summed E-state index contributed by atoms with van der Waals surface area (Å²) in [6.07, 6.45) is 0. The summed E-state index contributed by atoms with van der Waals surface area (Å²) in [5.41, 5.74) is 0.499. The molecule has 0 aliphatic heterocycles. The minimum atomic E-state index is -0.370. The molecule has 0 aromatic heterocycles. The molecule has 17 heavy (non-hydrogen) atoms. The second kappa shape index (κ2) is 5.27. The average Bonchev–Trinajstić information content (AvgIpc) is 2.32. The monoisotopic (exact) mass is 298 g/mol. The SMILES string of the molecule is Fc1cccc(Oc2ccc(F)c(CBr)c2)c1. The van der Waals surface area contributed by atoms with Crippen molar-refractivity contribution in [2.75, 3.05) is 0 Å². The molecule has 0 amide bonds. The van der Waals surface area contributed by atoms with Crippen molar-refractivity contribution in [3.63, 3.8) is 0 Å². The maximum atomic E-state index is 13.2. The highest BCUT2D eigenvalue weighted by Crippen LogP contribution is 2.25. The zero-order valence-electron chi connectivity index (χ0n) is 8.79. The summed E-state index contributed by atoms with van der Waals surface area (Å²) in [5.74, 6) is 0.197. The summed E-state index contributed by atoms with van der Waals surface area (Å²) in [6, 6.07) is 10.2. The highest BCUT2D eigenvalue weighted by Gasteiger charge is 2.04. The average molecular weight is 299 g/mol. The van der Waals surface area contributed by atoms with E-state index in [9.17, 15) is 8.78 Å². The van der Waals surface area contributed by atoms with Crippen LogP contribution >= 0.6 is 15.9 Å². The molecular formula is C13H9BrF2O. The third-order valence-electron chi connectivity index (χ3n) is 2.19. The van der Waals surface area contributed by atoms with Crippen molar-refractivity contribution in [1.29, 1.82) is 0 Å². The summed E-state index contributed by atoms with van der Waals surface area (Å²) in [4.78, 5) is 0. The highest BCUT2D eigenvalue weighted by atomic mass is 79.9. The minimum Gasteiger partial charge on any atom is -0.457 e. The largest absolute Gasteiger partial charge is 0.457 e. The van der Waals surface area contributed by atoms with Crippen molar-refractivity contribution in [3.8, 4) is 11.5 Å². The van der Waals surface area contributed by atoms with Gasteiger partial charge in [-0.05, 0) is 30.3 Å². The molecule has 4 heteroatoms. The van der Waals surface area contributed by atoms with Crippen LogP contribution in [0.15, 0.2) is 42.5 Å². The highest BCUT2D eigenvalue weighted by molar-refractivity contribution is 9.08. The Kier molecular flexibility index (Phi) is 3.74. The molecule has 0 saturated carbocycles. The fourth-order valence-electron chi connectivity index (χ4n) is 1.38. The van der Waals surface area contributed by atoms with Gasteiger partial charge in [-0.3, -0.25) is 0 Å². The lowest BCUT2D eigenvalue weighted by Crippen LogP contribution is -1.89. The third kappa shape index (κ3) is 3.03. The van der Waals surface area contributed by atoms with Gasteiger partial charge < -0.3 is 4.74 Å². The van der Waals surface area contributed by atoms with Crippen LogP contribution in [-0.4, -0.2) is 0 Å². The van der Waals surface area contributed by atoms with Crippen LogP contribution in [0.25, 0.3) is 0 Å². The Bertz CT molecular complexity index is 529. The topological polar surface area (TPSA) is 9.23 Å². The summed E-state index contributed by atoms with van der Waals surface area (Å²) >= 11 is 3.18. The number of ether oxygens (including phenoxy) is 1. The van der Waals surface area contributed by atoms with Gasteiger partial charge >= 0.3 is 0 Å². The van der Waals surface area contributed by atoms with Crippen LogP contribution in [0.4, 0.5) is 8.78 Å². The number of halogens is 3. The Morgan fingerprint density at radius 3 is 2.47 bits per heavy atom. The first-order chi connectivity index (χ1) is 8.19. The first kappa shape index (κ1) is 12.0. The molecule has 0 radical (unpaired) electrons. The second-order valence-electron chi connectivity index (χ2n) is 3.45.